The van der Waals surface area contributed by atoms with E-state index in [-0.39, 0.29) is 12.2 Å². The maximum atomic E-state index is 12.0. The van der Waals surface area contributed by atoms with Crippen LogP contribution in [0.5, 0.6) is 0 Å². The predicted molar refractivity (Wildman–Crippen MR) is 72.9 cm³/mol. The smallest absolute Gasteiger partial charge is 0.330 e. The number of Topliss-reactive ketones (excluding diaryl/α,β-unsaturated/α-hetero) is 1. The summed E-state index contributed by atoms with van der Waals surface area (Å²) in [4.78, 5) is 35.4. The van der Waals surface area contributed by atoms with Crippen LogP contribution in [0, 0.1) is 5.41 Å². The van der Waals surface area contributed by atoms with Crippen molar-refractivity contribution in [2.45, 2.75) is 52.1 Å². The zero-order valence-corrected chi connectivity index (χ0v) is 12.5. The fraction of sp³-hybridized carbons (Fsp3) is 0.667. The Bertz CT molecular complexity index is 430. The largest absolute Gasteiger partial charge is 0.468 e. The zero-order chi connectivity index (χ0) is 15.4. The van der Waals surface area contributed by atoms with Crippen LogP contribution in [0.3, 0.4) is 0 Å². The number of carbonyl (C=O) groups excluding carboxylic acids is 3. The van der Waals surface area contributed by atoms with Crippen molar-refractivity contribution in [3.05, 3.63) is 12.2 Å². The molecule has 0 saturated heterocycles. The molecule has 0 N–H and O–H groups in total. The molecule has 0 aromatic carbocycles. The Morgan fingerprint density at radius 1 is 1.35 bits per heavy atom. The van der Waals surface area contributed by atoms with Crippen LogP contribution in [0.4, 0.5) is 0 Å². The van der Waals surface area contributed by atoms with Gasteiger partial charge in [-0.1, -0.05) is 6.08 Å². The van der Waals surface area contributed by atoms with E-state index in [2.05, 4.69) is 0 Å². The molecule has 0 spiro atoms. The Balaban J connectivity index is 2.72. The second kappa shape index (κ2) is 6.20. The van der Waals surface area contributed by atoms with E-state index in [0.29, 0.717) is 19.3 Å². The van der Waals surface area contributed by atoms with Crippen LogP contribution in [-0.4, -0.2) is 30.4 Å². The SMILES string of the molecule is COC(=O)C1(C/C=C/C(=O)OC(C)(C)C)CCCC1=O. The quantitative estimate of drug-likeness (QED) is 0.449. The highest BCUT2D eigenvalue weighted by Gasteiger charge is 2.48. The summed E-state index contributed by atoms with van der Waals surface area (Å²) in [5.74, 6) is -1.12. The standard InChI is InChI=1S/C15H22O5/c1-14(2,3)20-12(17)8-6-10-15(13(18)19-4)9-5-7-11(15)16/h6,8H,5,7,9-10H2,1-4H3/b8-6+. The van der Waals surface area contributed by atoms with Crippen molar-refractivity contribution >= 4 is 17.7 Å². The fourth-order valence-corrected chi connectivity index (χ4v) is 2.33. The molecule has 1 atom stereocenters. The molecule has 0 aromatic heterocycles. The number of ketones is 1. The first-order chi connectivity index (χ1) is 9.21. The second-order valence-corrected chi connectivity index (χ2v) is 5.99. The van der Waals surface area contributed by atoms with E-state index >= 15 is 0 Å². The molecule has 1 saturated carbocycles. The van der Waals surface area contributed by atoms with Crippen molar-refractivity contribution < 1.29 is 23.9 Å². The highest BCUT2D eigenvalue weighted by molar-refractivity contribution is 6.05. The number of allylic oxidation sites excluding steroid dienone is 1. The summed E-state index contributed by atoms with van der Waals surface area (Å²) in [6.07, 6.45) is 4.49. The molecule has 1 rings (SSSR count). The number of rotatable bonds is 4. The molecule has 112 valence electrons. The first-order valence-electron chi connectivity index (χ1n) is 6.72. The summed E-state index contributed by atoms with van der Waals surface area (Å²) in [5, 5.41) is 0. The lowest BCUT2D eigenvalue weighted by Gasteiger charge is -2.22. The van der Waals surface area contributed by atoms with Gasteiger partial charge in [0.25, 0.3) is 0 Å². The second-order valence-electron chi connectivity index (χ2n) is 5.99. The lowest BCUT2D eigenvalue weighted by molar-refractivity contribution is -0.156. The minimum absolute atomic E-state index is 0.113. The molecule has 20 heavy (non-hydrogen) atoms. The van der Waals surface area contributed by atoms with E-state index in [1.54, 1.807) is 20.8 Å². The normalized spacial score (nSPS) is 23.1. The van der Waals surface area contributed by atoms with Crippen molar-refractivity contribution in [3.8, 4) is 0 Å². The number of hydrogen-bond acceptors (Lipinski definition) is 5. The van der Waals surface area contributed by atoms with E-state index in [9.17, 15) is 14.4 Å². The number of methoxy groups -OCH3 is 1. The van der Waals surface area contributed by atoms with Crippen molar-refractivity contribution in [1.29, 1.82) is 0 Å². The number of esters is 2. The van der Waals surface area contributed by atoms with Gasteiger partial charge < -0.3 is 9.47 Å². The Morgan fingerprint density at radius 2 is 2.00 bits per heavy atom. The van der Waals surface area contributed by atoms with E-state index in [1.165, 1.54) is 19.3 Å². The van der Waals surface area contributed by atoms with Gasteiger partial charge in [0.15, 0.2) is 5.78 Å². The molecule has 1 aliphatic carbocycles. The first-order valence-corrected chi connectivity index (χ1v) is 6.72. The third-order valence-corrected chi connectivity index (χ3v) is 3.24. The fourth-order valence-electron chi connectivity index (χ4n) is 2.33. The van der Waals surface area contributed by atoms with Gasteiger partial charge >= 0.3 is 11.9 Å². The number of hydrogen-bond donors (Lipinski definition) is 0. The Morgan fingerprint density at radius 3 is 2.45 bits per heavy atom. The van der Waals surface area contributed by atoms with Crippen LogP contribution in [-0.2, 0) is 23.9 Å². The summed E-state index contributed by atoms with van der Waals surface area (Å²) < 4.78 is 9.86. The molecular weight excluding hydrogens is 260 g/mol. The lowest BCUT2D eigenvalue weighted by Crippen LogP contribution is -2.35. The van der Waals surface area contributed by atoms with E-state index < -0.39 is 23.0 Å². The van der Waals surface area contributed by atoms with Gasteiger partial charge in [0.1, 0.15) is 11.0 Å². The molecule has 1 fully saturated rings. The predicted octanol–water partition coefficient (Wildman–Crippen LogP) is 2.19. The Kier molecular flexibility index (Phi) is 5.09. The van der Waals surface area contributed by atoms with Gasteiger partial charge in [-0.2, -0.15) is 0 Å². The van der Waals surface area contributed by atoms with Crippen LogP contribution in [0.1, 0.15) is 46.5 Å². The van der Waals surface area contributed by atoms with Crippen molar-refractivity contribution in [1.82, 2.24) is 0 Å². The molecule has 1 aliphatic rings. The third kappa shape index (κ3) is 3.92. The van der Waals surface area contributed by atoms with Gasteiger partial charge in [-0.3, -0.25) is 9.59 Å². The molecule has 0 radical (unpaired) electrons. The molecule has 1 unspecified atom stereocenters. The number of carbonyl (C=O) groups is 3. The van der Waals surface area contributed by atoms with Crippen molar-refractivity contribution in [3.63, 3.8) is 0 Å². The van der Waals surface area contributed by atoms with Crippen LogP contribution < -0.4 is 0 Å². The highest BCUT2D eigenvalue weighted by Crippen LogP contribution is 2.39. The van der Waals surface area contributed by atoms with Crippen molar-refractivity contribution in [2.24, 2.45) is 5.41 Å². The molecular formula is C15H22O5. The van der Waals surface area contributed by atoms with Gasteiger partial charge in [-0.25, -0.2) is 4.79 Å². The minimum Gasteiger partial charge on any atom is -0.468 e. The summed E-state index contributed by atoms with van der Waals surface area (Å²) >= 11 is 0. The molecule has 0 aliphatic heterocycles. The molecule has 5 nitrogen and oxygen atoms in total. The van der Waals surface area contributed by atoms with Gasteiger partial charge in [-0.15, -0.1) is 0 Å². The zero-order valence-electron chi connectivity index (χ0n) is 12.5. The van der Waals surface area contributed by atoms with Gasteiger partial charge in [0, 0.05) is 12.5 Å². The van der Waals surface area contributed by atoms with E-state index in [0.717, 1.165) is 0 Å². The van der Waals surface area contributed by atoms with Crippen LogP contribution in [0.15, 0.2) is 12.2 Å². The number of ether oxygens (including phenoxy) is 2. The van der Waals surface area contributed by atoms with E-state index in [1.807, 2.05) is 0 Å². The van der Waals surface area contributed by atoms with E-state index in [4.69, 9.17) is 9.47 Å². The topological polar surface area (TPSA) is 69.7 Å². The molecule has 0 heterocycles. The Labute approximate surface area is 119 Å². The maximum Gasteiger partial charge on any atom is 0.330 e. The molecule has 0 bridgehead atoms. The molecule has 0 aromatic rings. The Hall–Kier alpha value is -1.65. The van der Waals surface area contributed by atoms with Gasteiger partial charge in [0.2, 0.25) is 0 Å². The third-order valence-electron chi connectivity index (χ3n) is 3.24. The summed E-state index contributed by atoms with van der Waals surface area (Å²) in [5.41, 5.74) is -1.68. The monoisotopic (exact) mass is 282 g/mol. The average molecular weight is 282 g/mol. The lowest BCUT2D eigenvalue weighted by atomic mass is 9.81. The van der Waals surface area contributed by atoms with Crippen LogP contribution >= 0.6 is 0 Å². The average Bonchev–Trinajstić information content (AvgIpc) is 2.68. The summed E-state index contributed by atoms with van der Waals surface area (Å²) in [7, 11) is 1.27. The minimum atomic E-state index is -1.12. The van der Waals surface area contributed by atoms with Crippen LogP contribution in [0.25, 0.3) is 0 Å². The summed E-state index contributed by atoms with van der Waals surface area (Å²) in [6.45, 7) is 5.32. The first kappa shape index (κ1) is 16.4. The van der Waals surface area contributed by atoms with Crippen LogP contribution in [0.2, 0.25) is 0 Å². The van der Waals surface area contributed by atoms with Crippen molar-refractivity contribution in [2.75, 3.05) is 7.11 Å². The maximum absolute atomic E-state index is 12.0. The van der Waals surface area contributed by atoms with Gasteiger partial charge in [-0.05, 0) is 40.0 Å². The summed E-state index contributed by atoms with van der Waals surface area (Å²) in [6, 6.07) is 0. The molecule has 0 amide bonds. The molecule has 5 heteroatoms. The van der Waals surface area contributed by atoms with Gasteiger partial charge in [0.05, 0.1) is 7.11 Å². The highest BCUT2D eigenvalue weighted by atomic mass is 16.6.